The number of carbonyl (C=O) groups is 6. The second-order valence-electron chi connectivity index (χ2n) is 12.3. The summed E-state index contributed by atoms with van der Waals surface area (Å²) < 4.78 is 16.4. The molecule has 0 radical (unpaired) electrons. The van der Waals surface area contributed by atoms with Crippen molar-refractivity contribution >= 4 is 73.1 Å². The predicted octanol–water partition coefficient (Wildman–Crippen LogP) is 1.93. The first-order chi connectivity index (χ1) is 25.4. The SMILES string of the molecule is Cc1ccc(NC(=O)[C@H](CCCNC(N)=O)NC(=O)[C@@H](NC(=O)COCCOCCOCCN2C(=O)c3nc(CBr)c(CBr)nc3C2=O)C(C)C)cc1. The zero-order valence-electron chi connectivity index (χ0n) is 29.9. The molecule has 0 spiro atoms. The van der Waals surface area contributed by atoms with Gasteiger partial charge in [0.2, 0.25) is 17.7 Å². The van der Waals surface area contributed by atoms with Gasteiger partial charge in [-0.3, -0.25) is 28.9 Å². The molecule has 2 aromatic rings. The lowest BCUT2D eigenvalue weighted by Gasteiger charge is -2.25. The monoisotopic (exact) mass is 868 g/mol. The summed E-state index contributed by atoms with van der Waals surface area (Å²) in [6.45, 7) is 6.10. The van der Waals surface area contributed by atoms with E-state index in [2.05, 4.69) is 63.1 Å². The van der Waals surface area contributed by atoms with Gasteiger partial charge in [-0.25, -0.2) is 14.8 Å². The number of aryl methyl sites for hydroxylation is 1. The van der Waals surface area contributed by atoms with E-state index < -0.39 is 47.7 Å². The van der Waals surface area contributed by atoms with Crippen molar-refractivity contribution in [2.45, 2.75) is 56.4 Å². The lowest BCUT2D eigenvalue weighted by molar-refractivity contribution is -0.134. The number of anilines is 1. The van der Waals surface area contributed by atoms with E-state index in [1.807, 2.05) is 19.1 Å². The summed E-state index contributed by atoms with van der Waals surface area (Å²) in [5.41, 5.74) is 7.93. The number of amides is 7. The molecule has 2 atom stereocenters. The van der Waals surface area contributed by atoms with E-state index in [0.29, 0.717) is 34.2 Å². The molecule has 17 nitrogen and oxygen atoms in total. The number of nitrogens with one attached hydrogen (secondary N) is 4. The quantitative estimate of drug-likeness (QED) is 0.0615. The fourth-order valence-corrected chi connectivity index (χ4v) is 5.89. The number of carbonyl (C=O) groups excluding carboxylic acids is 6. The van der Waals surface area contributed by atoms with Gasteiger partial charge in [0.25, 0.3) is 11.8 Å². The Bertz CT molecular complexity index is 1550. The number of benzene rings is 1. The maximum absolute atomic E-state index is 13.3. The number of halogens is 2. The first-order valence-corrected chi connectivity index (χ1v) is 19.2. The number of fused-ring (bicyclic) bond motifs is 1. The van der Waals surface area contributed by atoms with Gasteiger partial charge in [-0.05, 0) is 37.8 Å². The molecule has 290 valence electrons. The van der Waals surface area contributed by atoms with Crippen LogP contribution in [0.5, 0.6) is 0 Å². The van der Waals surface area contributed by atoms with Crippen LogP contribution < -0.4 is 27.0 Å². The lowest BCUT2D eigenvalue weighted by Crippen LogP contribution is -2.55. The second-order valence-corrected chi connectivity index (χ2v) is 13.4. The van der Waals surface area contributed by atoms with Gasteiger partial charge in [0.05, 0.1) is 51.0 Å². The Labute approximate surface area is 324 Å². The molecule has 0 fully saturated rings. The Morgan fingerprint density at radius 3 is 1.94 bits per heavy atom. The summed E-state index contributed by atoms with van der Waals surface area (Å²) in [4.78, 5) is 85.2. The minimum Gasteiger partial charge on any atom is -0.377 e. The molecule has 6 N–H and O–H groups in total. The fourth-order valence-electron chi connectivity index (χ4n) is 4.99. The van der Waals surface area contributed by atoms with Gasteiger partial charge >= 0.3 is 6.03 Å². The van der Waals surface area contributed by atoms with Gasteiger partial charge in [0.15, 0.2) is 11.4 Å². The maximum Gasteiger partial charge on any atom is 0.312 e. The summed E-state index contributed by atoms with van der Waals surface area (Å²) in [6, 6.07) is 4.58. The minimum absolute atomic E-state index is 0.0320. The summed E-state index contributed by atoms with van der Waals surface area (Å²) in [5, 5.41) is 11.4. The van der Waals surface area contributed by atoms with Crippen LogP contribution in [-0.4, -0.2) is 115 Å². The van der Waals surface area contributed by atoms with Crippen LogP contribution in [0.3, 0.4) is 0 Å². The molecule has 0 saturated heterocycles. The van der Waals surface area contributed by atoms with Gasteiger partial charge in [-0.15, -0.1) is 0 Å². The lowest BCUT2D eigenvalue weighted by atomic mass is 10.0. The Morgan fingerprint density at radius 2 is 1.40 bits per heavy atom. The Balaban J connectivity index is 1.35. The third kappa shape index (κ3) is 13.7. The van der Waals surface area contributed by atoms with Crippen molar-refractivity contribution < 1.29 is 43.0 Å². The van der Waals surface area contributed by atoms with Crippen LogP contribution in [0.1, 0.15) is 64.6 Å². The van der Waals surface area contributed by atoms with E-state index in [-0.39, 0.29) is 76.5 Å². The number of rotatable bonds is 23. The average Bonchev–Trinajstić information content (AvgIpc) is 3.36. The number of nitrogens with two attached hydrogens (primary N) is 1. The highest BCUT2D eigenvalue weighted by Crippen LogP contribution is 2.23. The summed E-state index contributed by atoms with van der Waals surface area (Å²) in [7, 11) is 0. The highest BCUT2D eigenvalue weighted by molar-refractivity contribution is 9.09. The number of nitrogens with zero attached hydrogens (tertiary/aromatic N) is 3. The van der Waals surface area contributed by atoms with Crippen LogP contribution in [0.4, 0.5) is 10.5 Å². The Morgan fingerprint density at radius 1 is 0.830 bits per heavy atom. The zero-order chi connectivity index (χ0) is 38.9. The number of alkyl halides is 2. The molecule has 0 unspecified atom stereocenters. The highest BCUT2D eigenvalue weighted by Gasteiger charge is 2.39. The first-order valence-electron chi connectivity index (χ1n) is 17.0. The summed E-state index contributed by atoms with van der Waals surface area (Å²) >= 11 is 6.64. The van der Waals surface area contributed by atoms with Crippen molar-refractivity contribution in [3.05, 3.63) is 52.6 Å². The maximum atomic E-state index is 13.3. The Kier molecular flexibility index (Phi) is 18.2. The molecule has 1 aromatic carbocycles. The van der Waals surface area contributed by atoms with Crippen LogP contribution in [0, 0.1) is 12.8 Å². The van der Waals surface area contributed by atoms with Gasteiger partial charge in [-0.2, -0.15) is 0 Å². The zero-order valence-corrected chi connectivity index (χ0v) is 33.0. The average molecular weight is 871 g/mol. The number of urea groups is 1. The topological polar surface area (TPSA) is 233 Å². The molecule has 3 rings (SSSR count). The number of aromatic nitrogens is 2. The van der Waals surface area contributed by atoms with E-state index in [9.17, 15) is 28.8 Å². The highest BCUT2D eigenvalue weighted by atomic mass is 79.9. The van der Waals surface area contributed by atoms with Crippen LogP contribution in [0.15, 0.2) is 24.3 Å². The van der Waals surface area contributed by atoms with Crippen molar-refractivity contribution in [3.8, 4) is 0 Å². The summed E-state index contributed by atoms with van der Waals surface area (Å²) in [6.07, 6.45) is 0.564. The van der Waals surface area contributed by atoms with Gasteiger partial charge in [0, 0.05) is 22.9 Å². The summed E-state index contributed by atoms with van der Waals surface area (Å²) in [5.74, 6) is -2.87. The molecular formula is C34H46Br2N8O9. The van der Waals surface area contributed by atoms with Crippen LogP contribution in [0.2, 0.25) is 0 Å². The standard InChI is InChI=1S/C34H46Br2N8O9/c1-20(2)27(31(47)42-23(5-4-10-38-34(37)50)30(46)39-22-8-6-21(3)7-9-22)43-26(45)19-53-16-15-52-14-13-51-12-11-44-32(48)28-29(33(44)49)41-25(18-36)24(17-35)40-28/h6-9,20,23,27H,4-5,10-19H2,1-3H3,(H,39,46)(H,42,47)(H,43,45)(H3,37,38,50)/t23-,27-/m0/s1. The molecule has 0 aliphatic carbocycles. The molecule has 19 heteroatoms. The number of ether oxygens (including phenoxy) is 3. The van der Waals surface area contributed by atoms with E-state index >= 15 is 0 Å². The van der Waals surface area contributed by atoms with Crippen LogP contribution >= 0.6 is 31.9 Å². The van der Waals surface area contributed by atoms with Crippen LogP contribution in [-0.2, 0) is 39.3 Å². The molecule has 1 aliphatic rings. The Hall–Kier alpha value is -4.04. The molecule has 0 saturated carbocycles. The molecule has 2 heterocycles. The molecule has 1 aromatic heterocycles. The number of imide groups is 1. The fraction of sp³-hybridized carbons (Fsp3) is 0.529. The molecule has 7 amide bonds. The van der Waals surface area contributed by atoms with Crippen molar-refractivity contribution in [2.24, 2.45) is 11.7 Å². The molecule has 53 heavy (non-hydrogen) atoms. The smallest absolute Gasteiger partial charge is 0.312 e. The number of hydrogen-bond donors (Lipinski definition) is 5. The van der Waals surface area contributed by atoms with Crippen molar-refractivity contribution in [2.75, 3.05) is 58.0 Å². The van der Waals surface area contributed by atoms with Gasteiger partial charge in [-0.1, -0.05) is 63.4 Å². The number of primary amides is 1. The molecule has 1 aliphatic heterocycles. The minimum atomic E-state index is -0.954. The van der Waals surface area contributed by atoms with E-state index in [1.54, 1.807) is 26.0 Å². The van der Waals surface area contributed by atoms with E-state index in [1.165, 1.54) is 0 Å². The van der Waals surface area contributed by atoms with Crippen molar-refractivity contribution in [1.82, 2.24) is 30.8 Å². The van der Waals surface area contributed by atoms with Crippen molar-refractivity contribution in [3.63, 3.8) is 0 Å². The molecule has 0 bridgehead atoms. The first kappa shape index (κ1) is 43.4. The normalized spacial score (nSPS) is 13.4. The van der Waals surface area contributed by atoms with Crippen LogP contribution in [0.25, 0.3) is 0 Å². The van der Waals surface area contributed by atoms with Crippen molar-refractivity contribution in [1.29, 1.82) is 0 Å². The number of hydrogen-bond acceptors (Lipinski definition) is 11. The van der Waals surface area contributed by atoms with E-state index in [0.717, 1.165) is 10.5 Å². The second kappa shape index (κ2) is 22.2. The third-order valence-corrected chi connectivity index (χ3v) is 8.88. The van der Waals surface area contributed by atoms with E-state index in [4.69, 9.17) is 19.9 Å². The molecular weight excluding hydrogens is 824 g/mol. The third-order valence-electron chi connectivity index (χ3n) is 7.82. The largest absolute Gasteiger partial charge is 0.377 e. The van der Waals surface area contributed by atoms with Gasteiger partial charge in [0.1, 0.15) is 18.7 Å². The van der Waals surface area contributed by atoms with Gasteiger partial charge < -0.3 is 41.2 Å². The predicted molar refractivity (Wildman–Crippen MR) is 200 cm³/mol.